The van der Waals surface area contributed by atoms with Gasteiger partial charge in [0.25, 0.3) is 0 Å². The van der Waals surface area contributed by atoms with Gasteiger partial charge in [-0.05, 0) is 36.5 Å². The summed E-state index contributed by atoms with van der Waals surface area (Å²) >= 11 is 0. The fourth-order valence-electron chi connectivity index (χ4n) is 2.67. The number of carboxylic acids is 1. The van der Waals surface area contributed by atoms with Crippen molar-refractivity contribution >= 4 is 23.7 Å². The summed E-state index contributed by atoms with van der Waals surface area (Å²) in [6.45, 7) is 3.84. The van der Waals surface area contributed by atoms with Gasteiger partial charge in [0.2, 0.25) is 17.7 Å². The first-order chi connectivity index (χ1) is 13.6. The maximum absolute atomic E-state index is 12.7. The van der Waals surface area contributed by atoms with Crippen molar-refractivity contribution in [3.63, 3.8) is 0 Å². The summed E-state index contributed by atoms with van der Waals surface area (Å²) in [6.07, 6.45) is 3.30. The molecule has 10 heteroatoms. The first-order valence-corrected chi connectivity index (χ1v) is 9.36. The minimum absolute atomic E-state index is 0.122. The second-order valence-electron chi connectivity index (χ2n) is 7.26. The lowest BCUT2D eigenvalue weighted by Crippen LogP contribution is -2.55. The van der Waals surface area contributed by atoms with E-state index in [-0.39, 0.29) is 25.2 Å². The van der Waals surface area contributed by atoms with Gasteiger partial charge < -0.3 is 27.2 Å². The predicted octanol–water partition coefficient (Wildman–Crippen LogP) is -0.683. The van der Waals surface area contributed by atoms with Gasteiger partial charge >= 0.3 is 5.97 Å². The zero-order valence-corrected chi connectivity index (χ0v) is 16.6. The molecule has 0 aromatic carbocycles. The Morgan fingerprint density at radius 1 is 1.07 bits per heavy atom. The Kier molecular flexibility index (Phi) is 9.73. The average molecular weight is 407 g/mol. The standard InChI is InChI=1S/C19H29N5O5/c1-11(2)9-13(20)17(26)24-15(10-12-5-7-22-8-6-12)18(27)23-14(19(28)29)3-4-16(21)25/h5-8,11,13-15H,3-4,9-10,20H2,1-2H3,(H2,21,25)(H,23,27)(H,24,26)(H,28,29)/t13-,14-,15-/m0/s1. The zero-order valence-electron chi connectivity index (χ0n) is 16.6. The molecule has 0 unspecified atom stereocenters. The summed E-state index contributed by atoms with van der Waals surface area (Å²) in [6, 6.07) is 0.215. The monoisotopic (exact) mass is 407 g/mol. The van der Waals surface area contributed by atoms with Gasteiger partial charge in [-0.3, -0.25) is 19.4 Å². The van der Waals surface area contributed by atoms with Crippen LogP contribution in [0.5, 0.6) is 0 Å². The van der Waals surface area contributed by atoms with E-state index in [2.05, 4.69) is 15.6 Å². The number of rotatable bonds is 12. The number of aromatic nitrogens is 1. The van der Waals surface area contributed by atoms with Crippen molar-refractivity contribution in [3.05, 3.63) is 30.1 Å². The molecule has 1 aromatic rings. The van der Waals surface area contributed by atoms with Crippen molar-refractivity contribution in [1.82, 2.24) is 15.6 Å². The highest BCUT2D eigenvalue weighted by Crippen LogP contribution is 2.07. The van der Waals surface area contributed by atoms with E-state index in [1.165, 1.54) is 0 Å². The Balaban J connectivity index is 2.92. The number of hydrogen-bond acceptors (Lipinski definition) is 6. The van der Waals surface area contributed by atoms with Crippen LogP contribution in [0.25, 0.3) is 0 Å². The van der Waals surface area contributed by atoms with Crippen molar-refractivity contribution < 1.29 is 24.3 Å². The Morgan fingerprint density at radius 3 is 2.17 bits per heavy atom. The van der Waals surface area contributed by atoms with Crippen molar-refractivity contribution in [3.8, 4) is 0 Å². The molecule has 160 valence electrons. The molecule has 0 spiro atoms. The molecule has 0 bridgehead atoms. The summed E-state index contributed by atoms with van der Waals surface area (Å²) in [4.78, 5) is 51.4. The third-order valence-electron chi connectivity index (χ3n) is 4.18. The molecule has 7 N–H and O–H groups in total. The second kappa shape index (κ2) is 11.7. The highest BCUT2D eigenvalue weighted by atomic mass is 16.4. The van der Waals surface area contributed by atoms with E-state index in [1.807, 2.05) is 13.8 Å². The molecule has 0 saturated heterocycles. The van der Waals surface area contributed by atoms with E-state index in [0.29, 0.717) is 6.42 Å². The molecule has 29 heavy (non-hydrogen) atoms. The summed E-state index contributed by atoms with van der Waals surface area (Å²) < 4.78 is 0. The van der Waals surface area contributed by atoms with Crippen LogP contribution in [0.1, 0.15) is 38.7 Å². The topological polar surface area (TPSA) is 178 Å². The lowest BCUT2D eigenvalue weighted by molar-refractivity contribution is -0.142. The summed E-state index contributed by atoms with van der Waals surface area (Å²) in [5.74, 6) is -2.98. The Morgan fingerprint density at radius 2 is 1.66 bits per heavy atom. The smallest absolute Gasteiger partial charge is 0.326 e. The maximum atomic E-state index is 12.7. The molecule has 0 aliphatic heterocycles. The van der Waals surface area contributed by atoms with Crippen LogP contribution in [-0.4, -0.2) is 51.9 Å². The second-order valence-corrected chi connectivity index (χ2v) is 7.26. The van der Waals surface area contributed by atoms with E-state index in [4.69, 9.17) is 11.5 Å². The van der Waals surface area contributed by atoms with Crippen molar-refractivity contribution in [2.75, 3.05) is 0 Å². The van der Waals surface area contributed by atoms with Gasteiger partial charge in [-0.2, -0.15) is 0 Å². The highest BCUT2D eigenvalue weighted by Gasteiger charge is 2.28. The van der Waals surface area contributed by atoms with Crippen molar-refractivity contribution in [2.24, 2.45) is 17.4 Å². The number of pyridine rings is 1. The summed E-state index contributed by atoms with van der Waals surface area (Å²) in [5, 5.41) is 14.3. The Bertz CT molecular complexity index is 710. The van der Waals surface area contributed by atoms with Gasteiger partial charge in [0.05, 0.1) is 6.04 Å². The molecule has 1 rings (SSSR count). The van der Waals surface area contributed by atoms with E-state index in [9.17, 15) is 24.3 Å². The van der Waals surface area contributed by atoms with Crippen LogP contribution in [-0.2, 0) is 25.6 Å². The molecular weight excluding hydrogens is 378 g/mol. The largest absolute Gasteiger partial charge is 0.480 e. The molecule has 0 aliphatic carbocycles. The molecule has 0 fully saturated rings. The SMILES string of the molecule is CC(C)C[C@H](N)C(=O)N[C@@H](Cc1ccncc1)C(=O)N[C@@H](CCC(N)=O)C(=O)O. The molecule has 3 amide bonds. The molecule has 3 atom stereocenters. The molecule has 0 saturated carbocycles. The lowest BCUT2D eigenvalue weighted by atomic mass is 10.0. The number of nitrogens with two attached hydrogens (primary N) is 2. The third-order valence-corrected chi connectivity index (χ3v) is 4.18. The number of aliphatic carboxylic acids is 1. The quantitative estimate of drug-likeness (QED) is 0.304. The van der Waals surface area contributed by atoms with E-state index < -0.39 is 41.8 Å². The molecule has 1 heterocycles. The fraction of sp³-hybridized carbons (Fsp3) is 0.526. The zero-order chi connectivity index (χ0) is 22.0. The lowest BCUT2D eigenvalue weighted by Gasteiger charge is -2.23. The van der Waals surface area contributed by atoms with Crippen LogP contribution in [0.15, 0.2) is 24.5 Å². The number of carbonyl (C=O) groups excluding carboxylic acids is 3. The minimum atomic E-state index is -1.31. The Hall–Kier alpha value is -3.01. The highest BCUT2D eigenvalue weighted by molar-refractivity contribution is 5.92. The van der Waals surface area contributed by atoms with Gasteiger partial charge in [0.15, 0.2) is 0 Å². The predicted molar refractivity (Wildman–Crippen MR) is 105 cm³/mol. The number of hydrogen-bond donors (Lipinski definition) is 5. The number of nitrogens with zero attached hydrogens (tertiary/aromatic N) is 1. The van der Waals surface area contributed by atoms with Gasteiger partial charge in [-0.1, -0.05) is 13.8 Å². The number of carboxylic acid groups (broad SMARTS) is 1. The molecule has 0 radical (unpaired) electrons. The summed E-state index contributed by atoms with van der Waals surface area (Å²) in [7, 11) is 0. The van der Waals surface area contributed by atoms with Crippen LogP contribution in [0, 0.1) is 5.92 Å². The molecule has 0 aliphatic rings. The molecule has 10 nitrogen and oxygen atoms in total. The van der Waals surface area contributed by atoms with Crippen LogP contribution >= 0.6 is 0 Å². The Labute approximate surface area is 169 Å². The number of amides is 3. The van der Waals surface area contributed by atoms with Gasteiger partial charge in [-0.15, -0.1) is 0 Å². The van der Waals surface area contributed by atoms with Crippen LogP contribution in [0.3, 0.4) is 0 Å². The minimum Gasteiger partial charge on any atom is -0.480 e. The number of primary amides is 1. The molecular formula is C19H29N5O5. The fourth-order valence-corrected chi connectivity index (χ4v) is 2.67. The normalized spacial score (nSPS) is 13.9. The van der Waals surface area contributed by atoms with Crippen molar-refractivity contribution in [2.45, 2.75) is 57.7 Å². The first-order valence-electron chi connectivity index (χ1n) is 9.36. The molecule has 1 aromatic heterocycles. The maximum Gasteiger partial charge on any atom is 0.326 e. The van der Waals surface area contributed by atoms with E-state index >= 15 is 0 Å². The third kappa shape index (κ3) is 9.15. The van der Waals surface area contributed by atoms with Gasteiger partial charge in [0, 0.05) is 25.2 Å². The van der Waals surface area contributed by atoms with Gasteiger partial charge in [-0.25, -0.2) is 4.79 Å². The van der Waals surface area contributed by atoms with Crippen molar-refractivity contribution in [1.29, 1.82) is 0 Å². The van der Waals surface area contributed by atoms with Crippen LogP contribution in [0.2, 0.25) is 0 Å². The average Bonchev–Trinajstić information content (AvgIpc) is 2.64. The van der Waals surface area contributed by atoms with E-state index in [0.717, 1.165) is 5.56 Å². The number of carbonyl (C=O) groups is 4. The summed E-state index contributed by atoms with van der Waals surface area (Å²) in [5.41, 5.74) is 11.7. The van der Waals surface area contributed by atoms with Crippen LogP contribution < -0.4 is 22.1 Å². The van der Waals surface area contributed by atoms with Gasteiger partial charge in [0.1, 0.15) is 12.1 Å². The number of nitrogens with one attached hydrogen (secondary N) is 2. The van der Waals surface area contributed by atoms with E-state index in [1.54, 1.807) is 24.5 Å². The first kappa shape index (κ1) is 24.0. The van der Waals surface area contributed by atoms with Crippen LogP contribution in [0.4, 0.5) is 0 Å².